The maximum Gasteiger partial charge on any atom is 0.250 e. The second-order valence-electron chi connectivity index (χ2n) is 5.94. The zero-order valence-corrected chi connectivity index (χ0v) is 14.2. The molecule has 136 valence electrons. The maximum absolute atomic E-state index is 12.5. The monoisotopic (exact) mass is 347 g/mol. The number of anilines is 1. The van der Waals surface area contributed by atoms with Crippen LogP contribution in [-0.2, 0) is 9.59 Å². The molecule has 1 aromatic carbocycles. The van der Waals surface area contributed by atoms with E-state index in [1.807, 2.05) is 0 Å². The summed E-state index contributed by atoms with van der Waals surface area (Å²) in [6.45, 7) is 1.57. The van der Waals surface area contributed by atoms with Crippen molar-refractivity contribution < 1.29 is 14.4 Å². The van der Waals surface area contributed by atoms with Crippen molar-refractivity contribution in [3.63, 3.8) is 0 Å². The molecule has 8 heteroatoms. The number of primary amides is 1. The van der Waals surface area contributed by atoms with Crippen molar-refractivity contribution in [3.05, 3.63) is 29.8 Å². The zero-order chi connectivity index (χ0) is 18.2. The van der Waals surface area contributed by atoms with Crippen molar-refractivity contribution >= 4 is 23.4 Å². The smallest absolute Gasteiger partial charge is 0.250 e. The molecule has 1 aliphatic heterocycles. The minimum atomic E-state index is -0.561. The number of carbonyl (C=O) groups excluding carboxylic acids is 3. The summed E-state index contributed by atoms with van der Waals surface area (Å²) in [6, 6.07) is 6.30. The van der Waals surface area contributed by atoms with Crippen LogP contribution >= 0.6 is 0 Å². The van der Waals surface area contributed by atoms with Crippen LogP contribution in [0.1, 0.15) is 29.6 Å². The SMILES string of the molecule is NCCCNC(=O)[C@@H]1CCCN1C(=O)CNc1ccccc1C(N)=O. The van der Waals surface area contributed by atoms with Gasteiger partial charge in [0.2, 0.25) is 11.8 Å². The molecule has 1 aliphatic rings. The van der Waals surface area contributed by atoms with Crippen LogP contribution in [0.5, 0.6) is 0 Å². The van der Waals surface area contributed by atoms with Gasteiger partial charge in [0, 0.05) is 18.8 Å². The molecule has 1 saturated heterocycles. The first-order chi connectivity index (χ1) is 12.0. The van der Waals surface area contributed by atoms with Gasteiger partial charge in [0.25, 0.3) is 5.91 Å². The fourth-order valence-electron chi connectivity index (χ4n) is 2.89. The van der Waals surface area contributed by atoms with Crippen molar-refractivity contribution in [1.29, 1.82) is 0 Å². The average Bonchev–Trinajstić information content (AvgIpc) is 3.10. The van der Waals surface area contributed by atoms with E-state index >= 15 is 0 Å². The second kappa shape index (κ2) is 9.03. The Morgan fingerprint density at radius 1 is 1.24 bits per heavy atom. The Kier molecular flexibility index (Phi) is 6.76. The van der Waals surface area contributed by atoms with Crippen LogP contribution in [0.15, 0.2) is 24.3 Å². The van der Waals surface area contributed by atoms with Crippen molar-refractivity contribution in [2.75, 3.05) is 31.5 Å². The van der Waals surface area contributed by atoms with Crippen LogP contribution in [0.25, 0.3) is 0 Å². The highest BCUT2D eigenvalue weighted by Gasteiger charge is 2.33. The third-order valence-electron chi connectivity index (χ3n) is 4.18. The van der Waals surface area contributed by atoms with Crippen LogP contribution in [0.3, 0.4) is 0 Å². The first-order valence-electron chi connectivity index (χ1n) is 8.44. The Labute approximate surface area is 146 Å². The number of benzene rings is 1. The van der Waals surface area contributed by atoms with E-state index in [-0.39, 0.29) is 18.4 Å². The van der Waals surface area contributed by atoms with Gasteiger partial charge >= 0.3 is 0 Å². The molecule has 1 heterocycles. The quantitative estimate of drug-likeness (QED) is 0.478. The maximum atomic E-state index is 12.5. The third-order valence-corrected chi connectivity index (χ3v) is 4.18. The lowest BCUT2D eigenvalue weighted by molar-refractivity contribution is -0.137. The van der Waals surface area contributed by atoms with Gasteiger partial charge in [-0.1, -0.05) is 12.1 Å². The summed E-state index contributed by atoms with van der Waals surface area (Å²) in [6.07, 6.45) is 2.15. The van der Waals surface area contributed by atoms with E-state index in [0.717, 1.165) is 6.42 Å². The lowest BCUT2D eigenvalue weighted by Gasteiger charge is -2.24. The lowest BCUT2D eigenvalue weighted by Crippen LogP contribution is -2.47. The molecule has 3 amide bonds. The van der Waals surface area contributed by atoms with Crippen molar-refractivity contribution in [2.24, 2.45) is 11.5 Å². The normalized spacial score (nSPS) is 16.5. The number of hydrogen-bond donors (Lipinski definition) is 4. The molecule has 1 aromatic rings. The molecule has 2 rings (SSSR count). The highest BCUT2D eigenvalue weighted by atomic mass is 16.2. The van der Waals surface area contributed by atoms with E-state index in [4.69, 9.17) is 11.5 Å². The van der Waals surface area contributed by atoms with E-state index in [9.17, 15) is 14.4 Å². The highest BCUT2D eigenvalue weighted by molar-refractivity contribution is 5.99. The number of amides is 3. The second-order valence-corrected chi connectivity index (χ2v) is 5.94. The van der Waals surface area contributed by atoms with Gasteiger partial charge in [-0.15, -0.1) is 0 Å². The largest absolute Gasteiger partial charge is 0.376 e. The molecule has 0 radical (unpaired) electrons. The highest BCUT2D eigenvalue weighted by Crippen LogP contribution is 2.19. The summed E-state index contributed by atoms with van der Waals surface area (Å²) in [4.78, 5) is 37.7. The first kappa shape index (κ1) is 18.7. The van der Waals surface area contributed by atoms with Crippen molar-refractivity contribution in [1.82, 2.24) is 10.2 Å². The molecule has 0 aromatic heterocycles. The predicted molar refractivity (Wildman–Crippen MR) is 94.9 cm³/mol. The number of nitrogens with zero attached hydrogens (tertiary/aromatic N) is 1. The molecule has 0 saturated carbocycles. The number of rotatable bonds is 8. The van der Waals surface area contributed by atoms with E-state index in [2.05, 4.69) is 10.6 Å². The number of nitrogens with two attached hydrogens (primary N) is 2. The zero-order valence-electron chi connectivity index (χ0n) is 14.2. The van der Waals surface area contributed by atoms with Gasteiger partial charge in [0.1, 0.15) is 6.04 Å². The molecular formula is C17H25N5O3. The fraction of sp³-hybridized carbons (Fsp3) is 0.471. The average molecular weight is 347 g/mol. The molecule has 1 atom stereocenters. The summed E-state index contributed by atoms with van der Waals surface area (Å²) in [5.41, 5.74) is 11.6. The molecular weight excluding hydrogens is 322 g/mol. The standard InChI is InChI=1S/C17H25N5O3/c18-8-4-9-20-17(25)14-7-3-10-22(14)15(23)11-21-13-6-2-1-5-12(13)16(19)24/h1-2,5-6,14,21H,3-4,7-11,18H2,(H2,19,24)(H,20,25)/t14-/m0/s1. The molecule has 8 nitrogen and oxygen atoms in total. The summed E-state index contributed by atoms with van der Waals surface area (Å²) < 4.78 is 0. The lowest BCUT2D eigenvalue weighted by atomic mass is 10.1. The summed E-state index contributed by atoms with van der Waals surface area (Å²) in [5.74, 6) is -0.888. The van der Waals surface area contributed by atoms with Gasteiger partial charge < -0.3 is 27.0 Å². The molecule has 6 N–H and O–H groups in total. The van der Waals surface area contributed by atoms with Crippen LogP contribution in [0.2, 0.25) is 0 Å². The molecule has 0 bridgehead atoms. The molecule has 0 unspecified atom stereocenters. The van der Waals surface area contributed by atoms with Crippen LogP contribution in [-0.4, -0.2) is 54.8 Å². The van der Waals surface area contributed by atoms with Crippen molar-refractivity contribution in [3.8, 4) is 0 Å². The van der Waals surface area contributed by atoms with Gasteiger partial charge in [-0.2, -0.15) is 0 Å². The molecule has 25 heavy (non-hydrogen) atoms. The van der Waals surface area contributed by atoms with E-state index in [0.29, 0.717) is 43.7 Å². The summed E-state index contributed by atoms with van der Waals surface area (Å²) in [7, 11) is 0. The molecule has 0 aliphatic carbocycles. The van der Waals surface area contributed by atoms with E-state index < -0.39 is 11.9 Å². The van der Waals surface area contributed by atoms with Gasteiger partial charge in [-0.25, -0.2) is 0 Å². The molecule has 0 spiro atoms. The van der Waals surface area contributed by atoms with Gasteiger partial charge in [-0.3, -0.25) is 14.4 Å². The first-order valence-corrected chi connectivity index (χ1v) is 8.44. The number of hydrogen-bond acceptors (Lipinski definition) is 5. The van der Waals surface area contributed by atoms with Gasteiger partial charge in [-0.05, 0) is 37.9 Å². The predicted octanol–water partition coefficient (Wildman–Crippen LogP) is -0.347. The molecule has 1 fully saturated rings. The summed E-state index contributed by atoms with van der Waals surface area (Å²) in [5, 5.41) is 5.76. The van der Waals surface area contributed by atoms with Crippen LogP contribution < -0.4 is 22.1 Å². The van der Waals surface area contributed by atoms with Crippen LogP contribution in [0, 0.1) is 0 Å². The van der Waals surface area contributed by atoms with Crippen molar-refractivity contribution in [2.45, 2.75) is 25.3 Å². The minimum Gasteiger partial charge on any atom is -0.376 e. The Hall–Kier alpha value is -2.61. The van der Waals surface area contributed by atoms with E-state index in [1.165, 1.54) is 0 Å². The number of carbonyl (C=O) groups is 3. The third kappa shape index (κ3) is 4.93. The fourth-order valence-corrected chi connectivity index (χ4v) is 2.89. The minimum absolute atomic E-state index is 0.00310. The van der Waals surface area contributed by atoms with Crippen LogP contribution in [0.4, 0.5) is 5.69 Å². The number of likely N-dealkylation sites (tertiary alicyclic amines) is 1. The Bertz CT molecular complexity index is 634. The summed E-state index contributed by atoms with van der Waals surface area (Å²) >= 11 is 0. The van der Waals surface area contributed by atoms with Gasteiger partial charge in [0.15, 0.2) is 0 Å². The number of nitrogens with one attached hydrogen (secondary N) is 2. The Morgan fingerprint density at radius 2 is 2.00 bits per heavy atom. The topological polar surface area (TPSA) is 131 Å². The van der Waals surface area contributed by atoms with Gasteiger partial charge in [0.05, 0.1) is 12.1 Å². The Morgan fingerprint density at radius 3 is 2.72 bits per heavy atom. The number of para-hydroxylation sites is 1. The Balaban J connectivity index is 1.93. The van der Waals surface area contributed by atoms with E-state index in [1.54, 1.807) is 29.2 Å².